The highest BCUT2D eigenvalue weighted by molar-refractivity contribution is 6.30. The van der Waals surface area contributed by atoms with E-state index < -0.39 is 42.4 Å². The molecule has 0 aromatic carbocycles. The normalized spacial score (nSPS) is 24.8. The van der Waals surface area contributed by atoms with Crippen molar-refractivity contribution in [3.63, 3.8) is 0 Å². The van der Waals surface area contributed by atoms with Gasteiger partial charge >= 0.3 is 17.9 Å². The highest BCUT2D eigenvalue weighted by Crippen LogP contribution is 2.37. The zero-order valence-electron chi connectivity index (χ0n) is 19.2. The molecule has 0 amide bonds. The molecule has 3 heterocycles. The number of nitrogens with one attached hydrogen (secondary N) is 1. The van der Waals surface area contributed by atoms with Gasteiger partial charge in [-0.1, -0.05) is 24.4 Å². The van der Waals surface area contributed by atoms with Gasteiger partial charge in [-0.3, -0.25) is 14.4 Å². The van der Waals surface area contributed by atoms with Crippen molar-refractivity contribution in [2.45, 2.75) is 77.0 Å². The fourth-order valence-corrected chi connectivity index (χ4v) is 4.66. The zero-order valence-corrected chi connectivity index (χ0v) is 19.9. The molecule has 0 radical (unpaired) electrons. The van der Waals surface area contributed by atoms with Crippen molar-refractivity contribution in [3.05, 3.63) is 17.4 Å². The number of esters is 3. The van der Waals surface area contributed by atoms with E-state index in [4.69, 9.17) is 30.5 Å². The van der Waals surface area contributed by atoms with Crippen LogP contribution in [-0.4, -0.2) is 63.6 Å². The number of hydrogen-bond donors (Lipinski definition) is 1. The van der Waals surface area contributed by atoms with Gasteiger partial charge in [0.25, 0.3) is 0 Å². The summed E-state index contributed by atoms with van der Waals surface area (Å²) in [6.45, 7) is 3.51. The van der Waals surface area contributed by atoms with Crippen molar-refractivity contribution in [1.82, 2.24) is 14.8 Å². The molecule has 4 atom stereocenters. The molecule has 0 spiro atoms. The lowest BCUT2D eigenvalue weighted by Crippen LogP contribution is -2.40. The quantitative estimate of drug-likeness (QED) is 0.348. The highest BCUT2D eigenvalue weighted by Gasteiger charge is 2.51. The molecule has 2 fully saturated rings. The first kappa shape index (κ1) is 24.2. The number of hydrogen-bond acceptors (Lipinski definition) is 10. The van der Waals surface area contributed by atoms with Crippen LogP contribution in [0.15, 0.2) is 12.3 Å². The van der Waals surface area contributed by atoms with Gasteiger partial charge in [-0.2, -0.15) is 5.10 Å². The molecule has 1 aliphatic carbocycles. The van der Waals surface area contributed by atoms with E-state index in [9.17, 15) is 14.4 Å². The lowest BCUT2D eigenvalue weighted by atomic mass is 10.1. The van der Waals surface area contributed by atoms with Crippen molar-refractivity contribution < 1.29 is 33.3 Å². The number of nitrogens with zero attached hydrogens (tertiary/aromatic N) is 3. The highest BCUT2D eigenvalue weighted by atomic mass is 35.5. The Balaban J connectivity index is 1.71. The van der Waals surface area contributed by atoms with Crippen LogP contribution in [-0.2, 0) is 33.3 Å². The standard InChI is InChI=1S/C22H27ClN4O7/c1-11(28)31-10-17-19(32-12(2)29)20(33-13(3)30)22(34-17)27-21-15(9-24-27)16(8-18(23)26-21)25-14-6-4-5-7-14/h8-9,14,17,19-20,22H,4-7,10H2,1-3H3,(H,25,26). The molecule has 2 aliphatic rings. The molecule has 184 valence electrons. The summed E-state index contributed by atoms with van der Waals surface area (Å²) >= 11 is 6.33. The summed E-state index contributed by atoms with van der Waals surface area (Å²) in [4.78, 5) is 39.5. The van der Waals surface area contributed by atoms with E-state index in [0.717, 1.165) is 18.5 Å². The summed E-state index contributed by atoms with van der Waals surface area (Å²) in [7, 11) is 0. The molecular formula is C22H27ClN4O7. The van der Waals surface area contributed by atoms with Crippen LogP contribution >= 0.6 is 11.6 Å². The number of carbonyl (C=O) groups is 3. The Morgan fingerprint density at radius 3 is 2.44 bits per heavy atom. The van der Waals surface area contributed by atoms with E-state index in [0.29, 0.717) is 17.1 Å². The van der Waals surface area contributed by atoms with Crippen LogP contribution in [0.2, 0.25) is 5.15 Å². The molecule has 1 saturated heterocycles. The number of aromatic nitrogens is 3. The van der Waals surface area contributed by atoms with E-state index in [1.807, 2.05) is 0 Å². The fourth-order valence-electron chi connectivity index (χ4n) is 4.47. The maximum Gasteiger partial charge on any atom is 0.303 e. The number of ether oxygens (including phenoxy) is 4. The first-order valence-electron chi connectivity index (χ1n) is 11.2. The molecule has 4 rings (SSSR count). The molecule has 0 bridgehead atoms. The molecule has 11 nitrogen and oxygen atoms in total. The third-order valence-corrected chi connectivity index (χ3v) is 6.03. The number of rotatable bonds is 7. The molecule has 4 unspecified atom stereocenters. The minimum Gasteiger partial charge on any atom is -0.463 e. The van der Waals surface area contributed by atoms with E-state index in [1.165, 1.54) is 38.3 Å². The average molecular weight is 495 g/mol. The van der Waals surface area contributed by atoms with Gasteiger partial charge in [0.05, 0.1) is 17.3 Å². The van der Waals surface area contributed by atoms with Crippen molar-refractivity contribution in [2.24, 2.45) is 0 Å². The lowest BCUT2D eigenvalue weighted by molar-refractivity contribution is -0.166. The summed E-state index contributed by atoms with van der Waals surface area (Å²) in [5.74, 6) is -1.73. The summed E-state index contributed by atoms with van der Waals surface area (Å²) < 4.78 is 23.5. The van der Waals surface area contributed by atoms with Crippen LogP contribution in [0.3, 0.4) is 0 Å². The first-order chi connectivity index (χ1) is 16.2. The molecular weight excluding hydrogens is 468 g/mol. The van der Waals surface area contributed by atoms with Gasteiger partial charge in [-0.15, -0.1) is 0 Å². The smallest absolute Gasteiger partial charge is 0.303 e. The number of carbonyl (C=O) groups excluding carboxylic acids is 3. The van der Waals surface area contributed by atoms with E-state index >= 15 is 0 Å². The van der Waals surface area contributed by atoms with E-state index in [-0.39, 0.29) is 11.8 Å². The van der Waals surface area contributed by atoms with Gasteiger partial charge in [0.1, 0.15) is 17.9 Å². The Labute approximate surface area is 201 Å². The molecule has 1 saturated carbocycles. The van der Waals surface area contributed by atoms with Gasteiger partial charge in [-0.05, 0) is 18.9 Å². The SMILES string of the molecule is CC(=O)OCC1OC(n2ncc3c(NC4CCCC4)cc(Cl)nc32)C(OC(C)=O)C1OC(C)=O. The van der Waals surface area contributed by atoms with Crippen molar-refractivity contribution >= 4 is 46.2 Å². The van der Waals surface area contributed by atoms with Gasteiger partial charge in [-0.25, -0.2) is 9.67 Å². The molecule has 2 aromatic heterocycles. The molecule has 12 heteroatoms. The Morgan fingerprint density at radius 1 is 1.12 bits per heavy atom. The van der Waals surface area contributed by atoms with E-state index in [1.54, 1.807) is 12.3 Å². The second-order valence-corrected chi connectivity index (χ2v) is 8.85. The summed E-state index contributed by atoms with van der Waals surface area (Å²) in [6.07, 6.45) is 2.12. The Morgan fingerprint density at radius 2 is 1.79 bits per heavy atom. The number of fused-ring (bicyclic) bond motifs is 1. The largest absolute Gasteiger partial charge is 0.463 e. The molecule has 2 aromatic rings. The Kier molecular flexibility index (Phi) is 7.22. The minimum absolute atomic E-state index is 0.205. The van der Waals surface area contributed by atoms with Gasteiger partial charge in [0.2, 0.25) is 0 Å². The number of halogens is 1. The van der Waals surface area contributed by atoms with E-state index in [2.05, 4.69) is 15.4 Å². The third-order valence-electron chi connectivity index (χ3n) is 5.83. The van der Waals surface area contributed by atoms with Crippen molar-refractivity contribution in [2.75, 3.05) is 11.9 Å². The third kappa shape index (κ3) is 5.25. The van der Waals surface area contributed by atoms with Crippen LogP contribution in [0.1, 0.15) is 52.7 Å². The van der Waals surface area contributed by atoms with Crippen LogP contribution in [0, 0.1) is 0 Å². The second kappa shape index (κ2) is 10.1. The predicted molar refractivity (Wildman–Crippen MR) is 120 cm³/mol. The van der Waals surface area contributed by atoms with Gasteiger partial charge in [0.15, 0.2) is 24.1 Å². The summed E-state index contributed by atoms with van der Waals surface area (Å²) in [6, 6.07) is 2.08. The topological polar surface area (TPSA) is 131 Å². The predicted octanol–water partition coefficient (Wildman–Crippen LogP) is 2.76. The lowest BCUT2D eigenvalue weighted by Gasteiger charge is -2.23. The van der Waals surface area contributed by atoms with Crippen molar-refractivity contribution in [1.29, 1.82) is 0 Å². The second-order valence-electron chi connectivity index (χ2n) is 8.46. The first-order valence-corrected chi connectivity index (χ1v) is 11.5. The van der Waals surface area contributed by atoms with Gasteiger partial charge in [0, 0.05) is 26.8 Å². The molecule has 1 N–H and O–H groups in total. The van der Waals surface area contributed by atoms with Crippen LogP contribution < -0.4 is 5.32 Å². The summed E-state index contributed by atoms with van der Waals surface area (Å²) in [5, 5.41) is 8.93. The van der Waals surface area contributed by atoms with Crippen LogP contribution in [0.25, 0.3) is 11.0 Å². The van der Waals surface area contributed by atoms with Crippen molar-refractivity contribution in [3.8, 4) is 0 Å². The number of pyridine rings is 1. The van der Waals surface area contributed by atoms with Gasteiger partial charge < -0.3 is 24.3 Å². The number of anilines is 1. The summed E-state index contributed by atoms with van der Waals surface area (Å²) in [5.41, 5.74) is 1.20. The fraction of sp³-hybridized carbons (Fsp3) is 0.591. The monoisotopic (exact) mass is 494 g/mol. The average Bonchev–Trinajstić information content (AvgIpc) is 3.46. The van der Waals surface area contributed by atoms with Crippen LogP contribution in [0.5, 0.6) is 0 Å². The Hall–Kier alpha value is -2.92. The maximum atomic E-state index is 11.9. The maximum absolute atomic E-state index is 11.9. The zero-order chi connectivity index (χ0) is 24.4. The molecule has 1 aliphatic heterocycles. The minimum atomic E-state index is -1.06. The van der Waals surface area contributed by atoms with Crippen LogP contribution in [0.4, 0.5) is 5.69 Å². The molecule has 34 heavy (non-hydrogen) atoms. The Bertz CT molecular complexity index is 1080.